The number of amides is 1. The molecule has 1 saturated heterocycles. The second-order valence-electron chi connectivity index (χ2n) is 7.38. The van der Waals surface area contributed by atoms with E-state index in [2.05, 4.69) is 5.32 Å². The maximum absolute atomic E-state index is 13.1. The van der Waals surface area contributed by atoms with E-state index >= 15 is 0 Å². The predicted molar refractivity (Wildman–Crippen MR) is 105 cm³/mol. The molecule has 4 rings (SSSR count). The third-order valence-corrected chi connectivity index (χ3v) is 5.18. The summed E-state index contributed by atoms with van der Waals surface area (Å²) in [6.07, 6.45) is 2.01. The van der Waals surface area contributed by atoms with Crippen LogP contribution in [0.15, 0.2) is 48.5 Å². The first-order valence-corrected chi connectivity index (χ1v) is 9.66. The first-order chi connectivity index (χ1) is 13.1. The summed E-state index contributed by atoms with van der Waals surface area (Å²) in [6, 6.07) is 15.7. The number of carbonyl (C=O) groups is 1. The van der Waals surface area contributed by atoms with E-state index in [0.717, 1.165) is 36.4 Å². The second-order valence-corrected chi connectivity index (χ2v) is 7.38. The van der Waals surface area contributed by atoms with Crippen LogP contribution in [0.4, 0.5) is 5.69 Å². The van der Waals surface area contributed by atoms with Crippen LogP contribution in [-0.2, 0) is 4.74 Å². The van der Waals surface area contributed by atoms with Gasteiger partial charge in [-0.1, -0.05) is 30.3 Å². The Labute approximate surface area is 160 Å². The van der Waals surface area contributed by atoms with Gasteiger partial charge in [0.2, 0.25) is 0 Å². The largest absolute Gasteiger partial charge is 0.490 e. The number of rotatable bonds is 5. The lowest BCUT2D eigenvalue weighted by atomic mass is 10.0. The lowest BCUT2D eigenvalue weighted by Gasteiger charge is -2.41. The highest BCUT2D eigenvalue weighted by atomic mass is 16.5. The SMILES string of the molecule is CC(C)N1C(=O)c2ccccc2NC1c1ccccc1OCC1CCCO1. The summed E-state index contributed by atoms with van der Waals surface area (Å²) >= 11 is 0. The molecule has 1 fully saturated rings. The van der Waals surface area contributed by atoms with Crippen molar-refractivity contribution in [3.63, 3.8) is 0 Å². The van der Waals surface area contributed by atoms with E-state index in [0.29, 0.717) is 12.2 Å². The quantitative estimate of drug-likeness (QED) is 0.861. The Hall–Kier alpha value is -2.53. The maximum Gasteiger partial charge on any atom is 0.258 e. The number of hydrogen-bond donors (Lipinski definition) is 1. The molecule has 2 aliphatic rings. The van der Waals surface area contributed by atoms with Crippen molar-refractivity contribution < 1.29 is 14.3 Å². The maximum atomic E-state index is 13.1. The van der Waals surface area contributed by atoms with E-state index in [1.807, 2.05) is 67.3 Å². The molecule has 5 heteroatoms. The topological polar surface area (TPSA) is 50.8 Å². The number of carbonyl (C=O) groups excluding carboxylic acids is 1. The zero-order chi connectivity index (χ0) is 18.8. The van der Waals surface area contributed by atoms with Gasteiger partial charge in [-0.25, -0.2) is 0 Å². The van der Waals surface area contributed by atoms with Gasteiger partial charge in [-0.2, -0.15) is 0 Å². The van der Waals surface area contributed by atoms with Crippen molar-refractivity contribution in [3.05, 3.63) is 59.7 Å². The molecule has 2 aromatic rings. The number of anilines is 1. The third kappa shape index (κ3) is 3.52. The van der Waals surface area contributed by atoms with Crippen LogP contribution >= 0.6 is 0 Å². The molecule has 0 radical (unpaired) electrons. The van der Waals surface area contributed by atoms with Crippen molar-refractivity contribution in [2.24, 2.45) is 0 Å². The molecule has 0 saturated carbocycles. The lowest BCUT2D eigenvalue weighted by Crippen LogP contribution is -2.46. The van der Waals surface area contributed by atoms with Crippen molar-refractivity contribution in [1.82, 2.24) is 4.90 Å². The van der Waals surface area contributed by atoms with Crippen LogP contribution in [0.5, 0.6) is 5.75 Å². The molecule has 2 aliphatic heterocycles. The van der Waals surface area contributed by atoms with Gasteiger partial charge in [0.25, 0.3) is 5.91 Å². The Morgan fingerprint density at radius 1 is 1.19 bits per heavy atom. The Balaban J connectivity index is 1.66. The number of ether oxygens (including phenoxy) is 2. The van der Waals surface area contributed by atoms with E-state index in [-0.39, 0.29) is 24.2 Å². The average Bonchev–Trinajstić information content (AvgIpc) is 3.20. The summed E-state index contributed by atoms with van der Waals surface area (Å²) in [6.45, 7) is 5.43. The molecular formula is C22H26N2O3. The van der Waals surface area contributed by atoms with Gasteiger partial charge < -0.3 is 19.7 Å². The highest BCUT2D eigenvalue weighted by molar-refractivity contribution is 6.01. The van der Waals surface area contributed by atoms with Crippen molar-refractivity contribution in [2.75, 3.05) is 18.5 Å². The molecule has 2 heterocycles. The fourth-order valence-electron chi connectivity index (χ4n) is 3.83. The van der Waals surface area contributed by atoms with Gasteiger partial charge >= 0.3 is 0 Å². The summed E-state index contributed by atoms with van der Waals surface area (Å²) in [7, 11) is 0. The van der Waals surface area contributed by atoms with Gasteiger partial charge in [0, 0.05) is 23.9 Å². The minimum absolute atomic E-state index is 0.0401. The summed E-state index contributed by atoms with van der Waals surface area (Å²) in [5, 5.41) is 3.54. The zero-order valence-electron chi connectivity index (χ0n) is 15.9. The van der Waals surface area contributed by atoms with Crippen molar-refractivity contribution >= 4 is 11.6 Å². The lowest BCUT2D eigenvalue weighted by molar-refractivity contribution is 0.0589. The van der Waals surface area contributed by atoms with Crippen LogP contribution in [0.1, 0.15) is 48.8 Å². The Morgan fingerprint density at radius 2 is 1.96 bits per heavy atom. The molecule has 5 nitrogen and oxygen atoms in total. The van der Waals surface area contributed by atoms with E-state index < -0.39 is 0 Å². The summed E-state index contributed by atoms with van der Waals surface area (Å²) < 4.78 is 11.8. The zero-order valence-corrected chi connectivity index (χ0v) is 15.9. The normalized spacial score (nSPS) is 21.9. The standard InChI is InChI=1S/C22H26N2O3/c1-15(2)24-21(23-19-11-5-3-9-17(19)22(24)25)18-10-4-6-12-20(18)27-14-16-8-7-13-26-16/h3-6,9-12,15-16,21,23H,7-8,13-14H2,1-2H3. The van der Waals surface area contributed by atoms with Gasteiger partial charge in [0.1, 0.15) is 18.5 Å². The summed E-state index contributed by atoms with van der Waals surface area (Å²) in [5.74, 6) is 0.835. The number of nitrogens with one attached hydrogen (secondary N) is 1. The average molecular weight is 366 g/mol. The predicted octanol–water partition coefficient (Wildman–Crippen LogP) is 4.22. The minimum atomic E-state index is -0.270. The van der Waals surface area contributed by atoms with Gasteiger partial charge in [-0.3, -0.25) is 4.79 Å². The Bertz CT molecular complexity index is 815. The van der Waals surface area contributed by atoms with Crippen LogP contribution in [-0.4, -0.2) is 36.2 Å². The monoisotopic (exact) mass is 366 g/mol. The van der Waals surface area contributed by atoms with E-state index in [9.17, 15) is 4.79 Å². The molecule has 2 aromatic carbocycles. The first-order valence-electron chi connectivity index (χ1n) is 9.66. The molecule has 0 aliphatic carbocycles. The summed E-state index contributed by atoms with van der Waals surface area (Å²) in [4.78, 5) is 15.0. The van der Waals surface area contributed by atoms with Gasteiger partial charge in [-0.05, 0) is 44.9 Å². The smallest absolute Gasteiger partial charge is 0.258 e. The number of para-hydroxylation sites is 2. The van der Waals surface area contributed by atoms with Gasteiger partial charge in [0.15, 0.2) is 0 Å². The van der Waals surface area contributed by atoms with E-state index in [1.54, 1.807) is 0 Å². The number of benzene rings is 2. The van der Waals surface area contributed by atoms with Crippen molar-refractivity contribution in [1.29, 1.82) is 0 Å². The number of hydrogen-bond acceptors (Lipinski definition) is 4. The molecular weight excluding hydrogens is 340 g/mol. The minimum Gasteiger partial charge on any atom is -0.490 e. The van der Waals surface area contributed by atoms with Crippen LogP contribution in [0, 0.1) is 0 Å². The highest BCUT2D eigenvalue weighted by Crippen LogP contribution is 2.38. The van der Waals surface area contributed by atoms with Gasteiger partial charge in [-0.15, -0.1) is 0 Å². The molecule has 0 bridgehead atoms. The molecule has 2 atom stereocenters. The van der Waals surface area contributed by atoms with Gasteiger partial charge in [0.05, 0.1) is 11.7 Å². The van der Waals surface area contributed by atoms with Crippen LogP contribution in [0.3, 0.4) is 0 Å². The number of fused-ring (bicyclic) bond motifs is 1. The van der Waals surface area contributed by atoms with Crippen molar-refractivity contribution in [2.45, 2.75) is 45.0 Å². The van der Waals surface area contributed by atoms with Crippen LogP contribution < -0.4 is 10.1 Å². The molecule has 0 spiro atoms. The molecule has 0 aromatic heterocycles. The highest BCUT2D eigenvalue weighted by Gasteiger charge is 2.35. The van der Waals surface area contributed by atoms with Crippen LogP contribution in [0.25, 0.3) is 0 Å². The number of nitrogens with zero attached hydrogens (tertiary/aromatic N) is 1. The molecule has 27 heavy (non-hydrogen) atoms. The molecule has 142 valence electrons. The molecule has 1 amide bonds. The Kier molecular flexibility index (Phi) is 5.03. The second kappa shape index (κ2) is 7.61. The Morgan fingerprint density at radius 3 is 2.74 bits per heavy atom. The van der Waals surface area contributed by atoms with E-state index in [4.69, 9.17) is 9.47 Å². The fraction of sp³-hybridized carbons (Fsp3) is 0.409. The van der Waals surface area contributed by atoms with E-state index in [1.165, 1.54) is 0 Å². The fourth-order valence-corrected chi connectivity index (χ4v) is 3.83. The molecule has 1 N–H and O–H groups in total. The molecule has 2 unspecified atom stereocenters. The third-order valence-electron chi connectivity index (χ3n) is 5.18. The van der Waals surface area contributed by atoms with Crippen LogP contribution in [0.2, 0.25) is 0 Å². The summed E-state index contributed by atoms with van der Waals surface area (Å²) in [5.41, 5.74) is 2.53. The first kappa shape index (κ1) is 17.9. The van der Waals surface area contributed by atoms with Crippen molar-refractivity contribution in [3.8, 4) is 5.75 Å².